The number of hydrogen-bond donors (Lipinski definition) is 3. The van der Waals surface area contributed by atoms with Crippen LogP contribution in [0.3, 0.4) is 0 Å². The molecule has 3 N–H and O–H groups in total. The molecular formula is C24H25F6N3O3. The van der Waals surface area contributed by atoms with Crippen LogP contribution in [0.25, 0.3) is 0 Å². The first-order chi connectivity index (χ1) is 16.8. The Bertz CT molecular complexity index is 1040. The van der Waals surface area contributed by atoms with Crippen LogP contribution in [0.2, 0.25) is 0 Å². The summed E-state index contributed by atoms with van der Waals surface area (Å²) in [7, 11) is 0. The van der Waals surface area contributed by atoms with Crippen LogP contribution < -0.4 is 16.0 Å². The van der Waals surface area contributed by atoms with Crippen molar-refractivity contribution in [3.63, 3.8) is 0 Å². The molecule has 1 aliphatic heterocycles. The van der Waals surface area contributed by atoms with Crippen LogP contribution in [-0.2, 0) is 32.2 Å². The Balaban J connectivity index is 1.93. The van der Waals surface area contributed by atoms with Crippen molar-refractivity contribution in [3.05, 3.63) is 70.8 Å². The summed E-state index contributed by atoms with van der Waals surface area (Å²) in [6.45, 7) is 0.934. The molecule has 3 rings (SSSR count). The molecule has 1 aliphatic rings. The van der Waals surface area contributed by atoms with Crippen LogP contribution in [0.4, 0.5) is 26.3 Å². The zero-order valence-corrected chi connectivity index (χ0v) is 19.2. The lowest BCUT2D eigenvalue weighted by Gasteiger charge is -2.37. The summed E-state index contributed by atoms with van der Waals surface area (Å²) >= 11 is 0. The minimum atomic E-state index is -4.98. The summed E-state index contributed by atoms with van der Waals surface area (Å²) in [5.41, 5.74) is -3.58. The van der Waals surface area contributed by atoms with E-state index in [1.165, 1.54) is 6.92 Å². The van der Waals surface area contributed by atoms with E-state index in [1.807, 2.05) is 0 Å². The molecule has 0 aliphatic carbocycles. The van der Waals surface area contributed by atoms with Gasteiger partial charge in [0.15, 0.2) is 0 Å². The van der Waals surface area contributed by atoms with Crippen molar-refractivity contribution in [2.75, 3.05) is 26.2 Å². The molecule has 0 aromatic heterocycles. The second-order valence-corrected chi connectivity index (χ2v) is 8.47. The molecule has 0 radical (unpaired) electrons. The maximum Gasteiger partial charge on any atom is 0.416 e. The van der Waals surface area contributed by atoms with Gasteiger partial charge in [-0.3, -0.25) is 14.9 Å². The van der Waals surface area contributed by atoms with E-state index >= 15 is 0 Å². The van der Waals surface area contributed by atoms with E-state index in [1.54, 1.807) is 30.3 Å². The second-order valence-electron chi connectivity index (χ2n) is 8.47. The number of rotatable bonds is 5. The number of benzene rings is 2. The molecule has 2 aromatic rings. The maximum atomic E-state index is 13.3. The van der Waals surface area contributed by atoms with Crippen LogP contribution in [0.5, 0.6) is 0 Å². The Hall–Kier alpha value is -3.12. The van der Waals surface area contributed by atoms with Crippen LogP contribution in [0.1, 0.15) is 41.7 Å². The molecule has 1 heterocycles. The molecule has 196 valence electrons. The first-order valence-corrected chi connectivity index (χ1v) is 11.1. The van der Waals surface area contributed by atoms with Crippen LogP contribution in [-0.4, -0.2) is 38.1 Å². The third-order valence-corrected chi connectivity index (χ3v) is 5.89. The number of ether oxygens (including phenoxy) is 1. The fraction of sp³-hybridized carbons (Fsp3) is 0.417. The van der Waals surface area contributed by atoms with Crippen molar-refractivity contribution in [2.24, 2.45) is 0 Å². The first-order valence-electron chi connectivity index (χ1n) is 11.1. The maximum absolute atomic E-state index is 13.3. The number of carbonyl (C=O) groups excluding carboxylic acids is 2. The highest BCUT2D eigenvalue weighted by atomic mass is 19.4. The lowest BCUT2D eigenvalue weighted by molar-refractivity contribution is -0.143. The third kappa shape index (κ3) is 6.97. The number of carbonyl (C=O) groups is 2. The minimum absolute atomic E-state index is 0.0613. The zero-order valence-electron chi connectivity index (χ0n) is 19.2. The number of alkyl halides is 6. The van der Waals surface area contributed by atoms with Gasteiger partial charge >= 0.3 is 12.4 Å². The highest BCUT2D eigenvalue weighted by Crippen LogP contribution is 2.38. The van der Waals surface area contributed by atoms with E-state index < -0.39 is 46.9 Å². The van der Waals surface area contributed by atoms with Gasteiger partial charge in [0.1, 0.15) is 0 Å². The largest absolute Gasteiger partial charge is 0.416 e. The van der Waals surface area contributed by atoms with Crippen LogP contribution in [0, 0.1) is 0 Å². The van der Waals surface area contributed by atoms with E-state index in [0.29, 0.717) is 17.7 Å². The molecule has 0 unspecified atom stereocenters. The van der Waals surface area contributed by atoms with Gasteiger partial charge in [-0.25, -0.2) is 0 Å². The molecular weight excluding hydrogens is 492 g/mol. The van der Waals surface area contributed by atoms with Gasteiger partial charge in [0, 0.05) is 6.54 Å². The van der Waals surface area contributed by atoms with Gasteiger partial charge in [0.2, 0.25) is 11.8 Å². The first kappa shape index (κ1) is 27.5. The van der Waals surface area contributed by atoms with Crippen molar-refractivity contribution < 1.29 is 40.7 Å². The number of nitrogens with one attached hydrogen (secondary N) is 3. The predicted octanol–water partition coefficient (Wildman–Crippen LogP) is 3.92. The molecule has 2 amide bonds. The number of amides is 2. The number of halogens is 6. The molecule has 1 fully saturated rings. The number of hydrogen-bond acceptors (Lipinski definition) is 4. The zero-order chi connectivity index (χ0) is 26.6. The lowest BCUT2D eigenvalue weighted by atomic mass is 9.86. The van der Waals surface area contributed by atoms with Crippen LogP contribution >= 0.6 is 0 Å². The molecule has 0 saturated carbocycles. The SMILES string of the molecule is C[C@@H](OC[C@@]1(c2ccccc2)CCNC(=O)CNC(=O)CN1)c1cc(C(F)(F)F)cc(C(F)(F)F)c1. The minimum Gasteiger partial charge on any atom is -0.372 e. The van der Waals surface area contributed by atoms with Gasteiger partial charge in [-0.15, -0.1) is 0 Å². The van der Waals surface area contributed by atoms with Gasteiger partial charge < -0.3 is 15.4 Å². The average Bonchev–Trinajstić information content (AvgIpc) is 2.83. The van der Waals surface area contributed by atoms with E-state index in [-0.39, 0.29) is 44.3 Å². The highest BCUT2D eigenvalue weighted by molar-refractivity contribution is 5.85. The van der Waals surface area contributed by atoms with Crippen molar-refractivity contribution in [2.45, 2.75) is 37.3 Å². The smallest absolute Gasteiger partial charge is 0.372 e. The van der Waals surface area contributed by atoms with Gasteiger partial charge in [-0.1, -0.05) is 30.3 Å². The van der Waals surface area contributed by atoms with Crippen molar-refractivity contribution in [3.8, 4) is 0 Å². The summed E-state index contributed by atoms with van der Waals surface area (Å²) in [4.78, 5) is 24.1. The summed E-state index contributed by atoms with van der Waals surface area (Å²) < 4.78 is 85.6. The average molecular weight is 517 g/mol. The van der Waals surface area contributed by atoms with Crippen molar-refractivity contribution in [1.82, 2.24) is 16.0 Å². The van der Waals surface area contributed by atoms with E-state index in [2.05, 4.69) is 16.0 Å². The van der Waals surface area contributed by atoms with Gasteiger partial charge in [-0.2, -0.15) is 26.3 Å². The summed E-state index contributed by atoms with van der Waals surface area (Å²) in [5.74, 6) is -0.863. The van der Waals surface area contributed by atoms with E-state index in [9.17, 15) is 35.9 Å². The van der Waals surface area contributed by atoms with Gasteiger partial charge in [0.05, 0.1) is 42.5 Å². The normalized spacial score (nSPS) is 20.9. The van der Waals surface area contributed by atoms with Crippen molar-refractivity contribution >= 4 is 11.8 Å². The Morgan fingerprint density at radius 1 is 0.889 bits per heavy atom. The predicted molar refractivity (Wildman–Crippen MR) is 118 cm³/mol. The molecule has 2 atom stereocenters. The fourth-order valence-electron chi connectivity index (χ4n) is 3.84. The molecule has 0 bridgehead atoms. The monoisotopic (exact) mass is 517 g/mol. The third-order valence-electron chi connectivity index (χ3n) is 5.89. The van der Waals surface area contributed by atoms with Crippen molar-refractivity contribution in [1.29, 1.82) is 0 Å². The molecule has 6 nitrogen and oxygen atoms in total. The standard InChI is InChI=1S/C24H25F6N3O3/c1-15(16-9-18(23(25,26)27)11-19(10-16)24(28,29)30)36-14-22(17-5-3-2-4-6-17)7-8-31-20(34)12-32-21(35)13-33-22/h2-6,9-11,15,33H,7-8,12-14H2,1H3,(H,31,34)(H,32,35)/t15-,22-/m1/s1. The molecule has 12 heteroatoms. The summed E-state index contributed by atoms with van der Waals surface area (Å²) in [6.07, 6.45) is -10.9. The van der Waals surface area contributed by atoms with E-state index in [4.69, 9.17) is 4.74 Å². The van der Waals surface area contributed by atoms with Gasteiger partial charge in [-0.05, 0) is 42.7 Å². The Kier molecular flexibility index (Phi) is 8.29. The highest BCUT2D eigenvalue weighted by Gasteiger charge is 2.38. The Labute approximate surface area is 203 Å². The summed E-state index contributed by atoms with van der Waals surface area (Å²) in [5, 5.41) is 8.23. The molecule has 2 aromatic carbocycles. The molecule has 36 heavy (non-hydrogen) atoms. The van der Waals surface area contributed by atoms with E-state index in [0.717, 1.165) is 0 Å². The van der Waals surface area contributed by atoms with Gasteiger partial charge in [0.25, 0.3) is 0 Å². The second kappa shape index (κ2) is 10.9. The Morgan fingerprint density at radius 3 is 2.06 bits per heavy atom. The fourth-order valence-corrected chi connectivity index (χ4v) is 3.84. The molecule has 0 spiro atoms. The Morgan fingerprint density at radius 2 is 1.47 bits per heavy atom. The topological polar surface area (TPSA) is 79.5 Å². The lowest BCUT2D eigenvalue weighted by Crippen LogP contribution is -2.54. The molecule has 1 saturated heterocycles. The quantitative estimate of drug-likeness (QED) is 0.526. The van der Waals surface area contributed by atoms with Crippen LogP contribution in [0.15, 0.2) is 48.5 Å². The summed E-state index contributed by atoms with van der Waals surface area (Å²) in [6, 6.07) is 10.1.